The summed E-state index contributed by atoms with van der Waals surface area (Å²) in [7, 11) is -3.92. The summed E-state index contributed by atoms with van der Waals surface area (Å²) in [5.74, 6) is 0.0169. The van der Waals surface area contributed by atoms with Gasteiger partial charge in [-0.3, -0.25) is 9.10 Å². The summed E-state index contributed by atoms with van der Waals surface area (Å²) in [4.78, 5) is 13.3. The third kappa shape index (κ3) is 5.77. The summed E-state index contributed by atoms with van der Waals surface area (Å²) in [6.45, 7) is 5.74. The lowest BCUT2D eigenvalue weighted by molar-refractivity contribution is -0.120. The van der Waals surface area contributed by atoms with Gasteiger partial charge in [-0.2, -0.15) is 0 Å². The van der Waals surface area contributed by atoms with E-state index in [1.165, 1.54) is 4.31 Å². The van der Waals surface area contributed by atoms with Crippen molar-refractivity contribution in [3.05, 3.63) is 96.1 Å². The van der Waals surface area contributed by atoms with Crippen molar-refractivity contribution < 1.29 is 13.2 Å². The van der Waals surface area contributed by atoms with E-state index >= 15 is 0 Å². The van der Waals surface area contributed by atoms with Gasteiger partial charge in [0.2, 0.25) is 5.91 Å². The van der Waals surface area contributed by atoms with Crippen LogP contribution in [0.4, 0.5) is 5.69 Å². The third-order valence-electron chi connectivity index (χ3n) is 5.25. The molecule has 0 aliphatic heterocycles. The Balaban J connectivity index is 1.92. The normalized spacial score (nSPS) is 12.4. The number of nitrogens with one attached hydrogen (secondary N) is 1. The van der Waals surface area contributed by atoms with Crippen LogP contribution in [0.25, 0.3) is 0 Å². The molecule has 0 saturated carbocycles. The second-order valence-corrected chi connectivity index (χ2v) is 10.1. The first-order chi connectivity index (χ1) is 15.3. The number of amides is 1. The van der Waals surface area contributed by atoms with Crippen LogP contribution in [0.5, 0.6) is 0 Å². The van der Waals surface area contributed by atoms with Gasteiger partial charge in [0.1, 0.15) is 6.54 Å². The predicted molar refractivity (Wildman–Crippen MR) is 129 cm³/mol. The molecule has 0 unspecified atom stereocenters. The molecule has 0 spiro atoms. The Morgan fingerprint density at radius 1 is 0.875 bits per heavy atom. The van der Waals surface area contributed by atoms with Gasteiger partial charge in [0, 0.05) is 0 Å². The average molecular weight is 451 g/mol. The number of benzene rings is 3. The lowest BCUT2D eigenvalue weighted by Gasteiger charge is -2.27. The maximum atomic E-state index is 13.5. The van der Waals surface area contributed by atoms with Gasteiger partial charge in [-0.1, -0.05) is 80.6 Å². The second kappa shape index (κ2) is 10.5. The first kappa shape index (κ1) is 23.5. The van der Waals surface area contributed by atoms with E-state index in [1.54, 1.807) is 42.5 Å². The van der Waals surface area contributed by atoms with E-state index in [-0.39, 0.29) is 23.4 Å². The van der Waals surface area contributed by atoms with Gasteiger partial charge >= 0.3 is 0 Å². The molecule has 0 bridgehead atoms. The van der Waals surface area contributed by atoms with Crippen LogP contribution in [-0.2, 0) is 14.8 Å². The molecule has 1 amide bonds. The van der Waals surface area contributed by atoms with Crippen LogP contribution in [0.15, 0.2) is 89.8 Å². The largest absolute Gasteiger partial charge is 0.348 e. The van der Waals surface area contributed by atoms with E-state index in [1.807, 2.05) is 49.4 Å². The molecule has 0 aliphatic carbocycles. The summed E-state index contributed by atoms with van der Waals surface area (Å²) < 4.78 is 28.2. The van der Waals surface area contributed by atoms with Crippen LogP contribution in [0.1, 0.15) is 37.4 Å². The monoisotopic (exact) mass is 450 g/mol. The van der Waals surface area contributed by atoms with Crippen LogP contribution in [0.2, 0.25) is 0 Å². The van der Waals surface area contributed by atoms with Crippen molar-refractivity contribution in [1.29, 1.82) is 0 Å². The molecule has 5 nitrogen and oxygen atoms in total. The number of aryl methyl sites for hydroxylation is 1. The number of carbonyl (C=O) groups excluding carboxylic acids is 1. The molecule has 6 heteroatoms. The van der Waals surface area contributed by atoms with Crippen LogP contribution >= 0.6 is 0 Å². The van der Waals surface area contributed by atoms with E-state index in [9.17, 15) is 13.2 Å². The lowest BCUT2D eigenvalue weighted by Crippen LogP contribution is -2.42. The van der Waals surface area contributed by atoms with E-state index in [0.717, 1.165) is 17.5 Å². The zero-order valence-electron chi connectivity index (χ0n) is 18.7. The Morgan fingerprint density at radius 2 is 1.44 bits per heavy atom. The van der Waals surface area contributed by atoms with E-state index in [2.05, 4.69) is 19.2 Å². The van der Waals surface area contributed by atoms with Crippen molar-refractivity contribution in [3.63, 3.8) is 0 Å². The number of rotatable bonds is 9. The predicted octanol–water partition coefficient (Wildman–Crippen LogP) is 5.09. The van der Waals surface area contributed by atoms with Crippen LogP contribution in [-0.4, -0.2) is 20.9 Å². The molecule has 168 valence electrons. The number of anilines is 1. The van der Waals surface area contributed by atoms with Gasteiger partial charge in [0.15, 0.2) is 0 Å². The highest BCUT2D eigenvalue weighted by Crippen LogP contribution is 2.27. The molecule has 3 aromatic carbocycles. The van der Waals surface area contributed by atoms with Gasteiger partial charge in [0.05, 0.1) is 16.6 Å². The molecule has 3 rings (SSSR count). The number of hydrogen-bond donors (Lipinski definition) is 1. The van der Waals surface area contributed by atoms with Crippen LogP contribution < -0.4 is 9.62 Å². The Labute approximate surface area is 191 Å². The van der Waals surface area contributed by atoms with Gasteiger partial charge < -0.3 is 5.32 Å². The van der Waals surface area contributed by atoms with E-state index in [4.69, 9.17) is 0 Å². The fraction of sp³-hybridized carbons (Fsp3) is 0.269. The molecule has 0 fully saturated rings. The first-order valence-electron chi connectivity index (χ1n) is 10.8. The summed E-state index contributed by atoms with van der Waals surface area (Å²) in [6.07, 6.45) is 0.756. The highest BCUT2D eigenvalue weighted by Gasteiger charge is 2.29. The minimum Gasteiger partial charge on any atom is -0.348 e. The lowest BCUT2D eigenvalue weighted by atomic mass is 9.97. The Morgan fingerprint density at radius 3 is 2.03 bits per heavy atom. The van der Waals surface area contributed by atoms with Gasteiger partial charge in [-0.25, -0.2) is 8.42 Å². The molecule has 0 aromatic heterocycles. The van der Waals surface area contributed by atoms with Gasteiger partial charge in [0.25, 0.3) is 10.0 Å². The summed E-state index contributed by atoms with van der Waals surface area (Å²) in [5.41, 5.74) is 2.27. The standard InChI is InChI=1S/C26H30N2O3S/c1-20(2)18-24(22-13-6-4-7-14-22)27-26(29)19-28(25-17-11-10-12-21(25)3)32(30,31)23-15-8-5-9-16-23/h4-17,20,24H,18-19H2,1-3H3,(H,27,29)/t24-/m0/s1. The Kier molecular flexibility index (Phi) is 7.70. The van der Waals surface area contributed by atoms with Crippen molar-refractivity contribution in [2.24, 2.45) is 5.92 Å². The zero-order chi connectivity index (χ0) is 23.1. The average Bonchev–Trinajstić information content (AvgIpc) is 2.78. The Bertz CT molecular complexity index is 1130. The minimum atomic E-state index is -3.92. The molecule has 0 heterocycles. The molecule has 0 radical (unpaired) electrons. The van der Waals surface area contributed by atoms with Crippen molar-refractivity contribution in [2.45, 2.75) is 38.1 Å². The fourth-order valence-electron chi connectivity index (χ4n) is 3.67. The number of para-hydroxylation sites is 1. The van der Waals surface area contributed by atoms with Crippen LogP contribution in [0.3, 0.4) is 0 Å². The smallest absolute Gasteiger partial charge is 0.264 e. The van der Waals surface area contributed by atoms with Crippen molar-refractivity contribution in [3.8, 4) is 0 Å². The van der Waals surface area contributed by atoms with Crippen LogP contribution in [0, 0.1) is 12.8 Å². The maximum absolute atomic E-state index is 13.5. The van der Waals surface area contributed by atoms with Gasteiger partial charge in [-0.15, -0.1) is 0 Å². The summed E-state index contributed by atoms with van der Waals surface area (Å²) in [5, 5.41) is 3.06. The topological polar surface area (TPSA) is 66.5 Å². The van der Waals surface area contributed by atoms with Crippen molar-refractivity contribution in [1.82, 2.24) is 5.32 Å². The zero-order valence-corrected chi connectivity index (χ0v) is 19.5. The highest BCUT2D eigenvalue weighted by atomic mass is 32.2. The van der Waals surface area contributed by atoms with Crippen molar-refractivity contribution in [2.75, 3.05) is 10.8 Å². The highest BCUT2D eigenvalue weighted by molar-refractivity contribution is 7.92. The molecule has 3 aromatic rings. The summed E-state index contributed by atoms with van der Waals surface area (Å²) >= 11 is 0. The van der Waals surface area contributed by atoms with E-state index in [0.29, 0.717) is 11.6 Å². The minimum absolute atomic E-state index is 0.151. The molecular formula is C26H30N2O3S. The Hall–Kier alpha value is -3.12. The molecule has 32 heavy (non-hydrogen) atoms. The van der Waals surface area contributed by atoms with Crippen molar-refractivity contribution >= 4 is 21.6 Å². The maximum Gasteiger partial charge on any atom is 0.264 e. The number of sulfonamides is 1. The molecule has 1 N–H and O–H groups in total. The third-order valence-corrected chi connectivity index (χ3v) is 7.02. The quantitative estimate of drug-likeness (QED) is 0.494. The molecular weight excluding hydrogens is 420 g/mol. The van der Waals surface area contributed by atoms with E-state index < -0.39 is 10.0 Å². The molecule has 0 saturated heterocycles. The fourth-order valence-corrected chi connectivity index (χ4v) is 5.17. The first-order valence-corrected chi connectivity index (χ1v) is 12.2. The molecule has 0 aliphatic rings. The second-order valence-electron chi connectivity index (χ2n) is 8.27. The number of carbonyl (C=O) groups is 1. The number of hydrogen-bond acceptors (Lipinski definition) is 3. The summed E-state index contributed by atoms with van der Waals surface area (Å²) in [6, 6.07) is 25.0. The molecule has 1 atom stereocenters. The SMILES string of the molecule is Cc1ccccc1N(CC(=O)N[C@@H](CC(C)C)c1ccccc1)S(=O)(=O)c1ccccc1. The van der Waals surface area contributed by atoms with Gasteiger partial charge in [-0.05, 0) is 48.6 Å². The number of nitrogens with zero attached hydrogens (tertiary/aromatic N) is 1.